The fourth-order valence-corrected chi connectivity index (χ4v) is 3.32. The molecule has 144 valence electrons. The number of carbonyl (C=O) groups is 1. The molecule has 1 N–H and O–H groups in total. The third kappa shape index (κ3) is 4.07. The van der Waals surface area contributed by atoms with Crippen molar-refractivity contribution in [1.82, 2.24) is 24.6 Å². The average molecular weight is 398 g/mol. The number of anilines is 2. The summed E-state index contributed by atoms with van der Waals surface area (Å²) in [5.74, 6) is 2.26. The zero-order valence-electron chi connectivity index (χ0n) is 15.4. The van der Waals surface area contributed by atoms with Gasteiger partial charge in [0.15, 0.2) is 5.82 Å². The lowest BCUT2D eigenvalue weighted by atomic mass is 10.3. The number of nitrogens with zero attached hydrogens (tertiary/aromatic N) is 6. The molecule has 0 atom stereocenters. The van der Waals surface area contributed by atoms with Gasteiger partial charge in [0.05, 0.1) is 0 Å². The number of hydrogen-bond acceptors (Lipinski definition) is 5. The van der Waals surface area contributed by atoms with Crippen molar-refractivity contribution < 1.29 is 4.79 Å². The van der Waals surface area contributed by atoms with Crippen LogP contribution in [0.25, 0.3) is 5.82 Å². The molecule has 1 aromatic carbocycles. The number of nitrogens with one attached hydrogen (secondary N) is 1. The second-order valence-corrected chi connectivity index (χ2v) is 6.93. The summed E-state index contributed by atoms with van der Waals surface area (Å²) in [7, 11) is 0. The van der Waals surface area contributed by atoms with Crippen LogP contribution in [0.5, 0.6) is 0 Å². The number of benzene rings is 1. The molecule has 8 nitrogen and oxygen atoms in total. The molecule has 0 unspecified atom stereocenters. The van der Waals surface area contributed by atoms with E-state index < -0.39 is 0 Å². The van der Waals surface area contributed by atoms with Crippen LogP contribution in [0.4, 0.5) is 16.3 Å². The Bertz CT molecular complexity index is 968. The van der Waals surface area contributed by atoms with E-state index in [1.807, 2.05) is 37.4 Å². The predicted molar refractivity (Wildman–Crippen MR) is 108 cm³/mol. The van der Waals surface area contributed by atoms with Crippen LogP contribution in [0.1, 0.15) is 5.82 Å². The topological polar surface area (TPSA) is 79.2 Å². The minimum Gasteiger partial charge on any atom is -0.353 e. The molecular formula is C19H20ClN7O. The molecule has 2 aromatic heterocycles. The van der Waals surface area contributed by atoms with Crippen molar-refractivity contribution in [3.05, 3.63) is 59.6 Å². The van der Waals surface area contributed by atoms with E-state index in [0.29, 0.717) is 42.7 Å². The largest absolute Gasteiger partial charge is 0.353 e. The Kier molecular flexibility index (Phi) is 5.12. The van der Waals surface area contributed by atoms with Crippen molar-refractivity contribution in [1.29, 1.82) is 0 Å². The number of hydrogen-bond donors (Lipinski definition) is 1. The molecule has 1 fully saturated rings. The highest BCUT2D eigenvalue weighted by Gasteiger charge is 2.22. The molecule has 3 aromatic rings. The van der Waals surface area contributed by atoms with Crippen LogP contribution in [0.15, 0.2) is 48.8 Å². The van der Waals surface area contributed by atoms with E-state index in [1.54, 1.807) is 27.9 Å². The maximum atomic E-state index is 12.5. The minimum atomic E-state index is -0.127. The Morgan fingerprint density at radius 1 is 1.07 bits per heavy atom. The van der Waals surface area contributed by atoms with Gasteiger partial charge in [0.2, 0.25) is 0 Å². The second-order valence-electron chi connectivity index (χ2n) is 6.50. The SMILES string of the molecule is Cc1nc(N2CCN(C(=O)Nc3cccc(Cl)c3)CC2)cc(-n2cccn2)n1. The Labute approximate surface area is 167 Å². The monoisotopic (exact) mass is 397 g/mol. The van der Waals surface area contributed by atoms with E-state index in [0.717, 1.165) is 11.6 Å². The van der Waals surface area contributed by atoms with Crippen LogP contribution in [0, 0.1) is 6.92 Å². The predicted octanol–water partition coefficient (Wildman–Crippen LogP) is 2.98. The van der Waals surface area contributed by atoms with Crippen molar-refractivity contribution >= 4 is 29.1 Å². The van der Waals surface area contributed by atoms with Crippen LogP contribution in [0.3, 0.4) is 0 Å². The number of urea groups is 1. The Balaban J connectivity index is 1.41. The van der Waals surface area contributed by atoms with Gasteiger partial charge in [-0.15, -0.1) is 0 Å². The zero-order valence-corrected chi connectivity index (χ0v) is 16.2. The van der Waals surface area contributed by atoms with Crippen LogP contribution >= 0.6 is 11.6 Å². The van der Waals surface area contributed by atoms with Gasteiger partial charge in [-0.2, -0.15) is 5.10 Å². The molecule has 2 amide bonds. The number of piperazine rings is 1. The van der Waals surface area contributed by atoms with Crippen molar-refractivity contribution in [2.45, 2.75) is 6.92 Å². The molecule has 1 aliphatic rings. The van der Waals surface area contributed by atoms with E-state index in [4.69, 9.17) is 11.6 Å². The maximum absolute atomic E-state index is 12.5. The van der Waals surface area contributed by atoms with Crippen molar-refractivity contribution in [2.24, 2.45) is 0 Å². The standard InChI is InChI=1S/C19H20ClN7O/c1-14-22-17(13-18(23-14)27-7-3-6-21-27)25-8-10-26(11-9-25)19(28)24-16-5-2-4-15(20)12-16/h2-7,12-13H,8-11H2,1H3,(H,24,28). The summed E-state index contributed by atoms with van der Waals surface area (Å²) in [4.78, 5) is 25.5. The number of rotatable bonds is 3. The first kappa shape index (κ1) is 18.2. The van der Waals surface area contributed by atoms with Gasteiger partial charge in [0.25, 0.3) is 0 Å². The highest BCUT2D eigenvalue weighted by Crippen LogP contribution is 2.19. The average Bonchev–Trinajstić information content (AvgIpc) is 3.22. The summed E-state index contributed by atoms with van der Waals surface area (Å²) in [5, 5.41) is 7.72. The van der Waals surface area contributed by atoms with Crippen LogP contribution in [-0.2, 0) is 0 Å². The molecule has 0 radical (unpaired) electrons. The van der Waals surface area contributed by atoms with Gasteiger partial charge < -0.3 is 15.1 Å². The van der Waals surface area contributed by atoms with Crippen molar-refractivity contribution in [2.75, 3.05) is 36.4 Å². The first-order valence-corrected chi connectivity index (χ1v) is 9.38. The van der Waals surface area contributed by atoms with Gasteiger partial charge in [-0.25, -0.2) is 19.4 Å². The summed E-state index contributed by atoms with van der Waals surface area (Å²) in [5.41, 5.74) is 0.690. The van der Waals surface area contributed by atoms with Crippen LogP contribution in [0.2, 0.25) is 5.02 Å². The fourth-order valence-electron chi connectivity index (χ4n) is 3.13. The number of halogens is 1. The molecule has 9 heteroatoms. The van der Waals surface area contributed by atoms with E-state index in [1.165, 1.54) is 0 Å². The summed E-state index contributed by atoms with van der Waals surface area (Å²) in [6.07, 6.45) is 3.57. The number of carbonyl (C=O) groups excluding carboxylic acids is 1. The number of aromatic nitrogens is 4. The van der Waals surface area contributed by atoms with Gasteiger partial charge in [-0.3, -0.25) is 0 Å². The lowest BCUT2D eigenvalue weighted by Crippen LogP contribution is -2.50. The number of amides is 2. The highest BCUT2D eigenvalue weighted by atomic mass is 35.5. The minimum absolute atomic E-state index is 0.127. The molecular weight excluding hydrogens is 378 g/mol. The van der Waals surface area contributed by atoms with Crippen molar-refractivity contribution in [3.63, 3.8) is 0 Å². The smallest absolute Gasteiger partial charge is 0.321 e. The van der Waals surface area contributed by atoms with Crippen LogP contribution < -0.4 is 10.2 Å². The maximum Gasteiger partial charge on any atom is 0.321 e. The lowest BCUT2D eigenvalue weighted by molar-refractivity contribution is 0.208. The summed E-state index contributed by atoms with van der Waals surface area (Å²) >= 11 is 5.97. The normalized spacial score (nSPS) is 14.2. The van der Waals surface area contributed by atoms with Gasteiger partial charge in [0, 0.05) is 55.3 Å². The molecule has 4 rings (SSSR count). The third-order valence-corrected chi connectivity index (χ3v) is 4.75. The van der Waals surface area contributed by atoms with E-state index in [9.17, 15) is 4.79 Å². The fraction of sp³-hybridized carbons (Fsp3) is 0.263. The van der Waals surface area contributed by atoms with Gasteiger partial charge in [-0.1, -0.05) is 17.7 Å². The first-order valence-electron chi connectivity index (χ1n) is 9.01. The summed E-state index contributed by atoms with van der Waals surface area (Å²) in [6.45, 7) is 4.46. The zero-order chi connectivity index (χ0) is 19.5. The first-order chi connectivity index (χ1) is 13.6. The molecule has 1 saturated heterocycles. The van der Waals surface area contributed by atoms with E-state index in [2.05, 4.69) is 25.3 Å². The van der Waals surface area contributed by atoms with Gasteiger partial charge in [-0.05, 0) is 31.2 Å². The van der Waals surface area contributed by atoms with E-state index in [-0.39, 0.29) is 6.03 Å². The quantitative estimate of drug-likeness (QED) is 0.735. The van der Waals surface area contributed by atoms with Crippen LogP contribution in [-0.4, -0.2) is 56.9 Å². The molecule has 0 saturated carbocycles. The Hall–Kier alpha value is -3.13. The Morgan fingerprint density at radius 2 is 1.86 bits per heavy atom. The van der Waals surface area contributed by atoms with Gasteiger partial charge in [0.1, 0.15) is 11.6 Å². The molecule has 0 bridgehead atoms. The molecule has 28 heavy (non-hydrogen) atoms. The summed E-state index contributed by atoms with van der Waals surface area (Å²) < 4.78 is 1.72. The molecule has 0 aliphatic carbocycles. The third-order valence-electron chi connectivity index (χ3n) is 4.52. The van der Waals surface area contributed by atoms with Gasteiger partial charge >= 0.3 is 6.03 Å². The molecule has 3 heterocycles. The molecule has 1 aliphatic heterocycles. The molecule has 0 spiro atoms. The summed E-state index contributed by atoms with van der Waals surface area (Å²) in [6, 6.07) is 10.8. The second kappa shape index (κ2) is 7.85. The highest BCUT2D eigenvalue weighted by molar-refractivity contribution is 6.30. The van der Waals surface area contributed by atoms with E-state index >= 15 is 0 Å². The van der Waals surface area contributed by atoms with Crippen molar-refractivity contribution in [3.8, 4) is 5.82 Å². The number of aryl methyl sites for hydroxylation is 1. The Morgan fingerprint density at radius 3 is 2.57 bits per heavy atom. The lowest BCUT2D eigenvalue weighted by Gasteiger charge is -2.35.